The van der Waals surface area contributed by atoms with Crippen LogP contribution in [0.4, 0.5) is 0 Å². The number of rotatable bonds is 8. The number of halogens is 3. The van der Waals surface area contributed by atoms with Crippen molar-refractivity contribution in [1.29, 1.82) is 5.41 Å². The molecule has 0 aliphatic carbocycles. The fourth-order valence-electron chi connectivity index (χ4n) is 3.98. The first-order chi connectivity index (χ1) is 22.0. The zero-order chi connectivity index (χ0) is 33.6. The standard InChI is InChI=1S/C16H14ClN3O2.C12H9BrClNO.C4H8N2O2/c1-2-22-16(21)15-19-9-13(20-15)6-10-3-4-14-11(5-10)7-12(17)8-18-14;13-6-11(16)4-8-1-2-12-9(3-8)5-10(14)7-15-12;1-2-8-4(7)3(5)6/h3-5,7-9H,2,6H2,1H3,(H,19,20);1-3,5,7H,4,6H2;2H2,1H3,(H3,5,6). The molecule has 0 unspecified atom stereocenters. The summed E-state index contributed by atoms with van der Waals surface area (Å²) in [6, 6.07) is 15.5. The third-order valence-corrected chi connectivity index (χ3v) is 7.00. The van der Waals surface area contributed by atoms with Crippen LogP contribution >= 0.6 is 39.1 Å². The van der Waals surface area contributed by atoms with Crippen molar-refractivity contribution in [3.05, 3.63) is 99.8 Å². The molecule has 4 N–H and O–H groups in total. The number of carbonyl (C=O) groups excluding carboxylic acids is 3. The number of fused-ring (bicyclic) bond motifs is 2. The van der Waals surface area contributed by atoms with E-state index in [9.17, 15) is 14.4 Å². The van der Waals surface area contributed by atoms with E-state index in [4.69, 9.17) is 39.1 Å². The Hall–Kier alpha value is -4.39. The predicted molar refractivity (Wildman–Crippen MR) is 182 cm³/mol. The number of nitrogens with one attached hydrogen (secondary N) is 2. The first-order valence-corrected chi connectivity index (χ1v) is 15.8. The molecule has 0 radical (unpaired) electrons. The summed E-state index contributed by atoms with van der Waals surface area (Å²) in [6.45, 7) is 4.00. The van der Waals surface area contributed by atoms with Gasteiger partial charge >= 0.3 is 11.9 Å². The van der Waals surface area contributed by atoms with Crippen LogP contribution < -0.4 is 5.73 Å². The molecular formula is C32H31BrCl2N6O5. The zero-order valence-electron chi connectivity index (χ0n) is 25.0. The molecule has 3 aromatic heterocycles. The van der Waals surface area contributed by atoms with E-state index in [2.05, 4.69) is 40.6 Å². The molecule has 0 bridgehead atoms. The third kappa shape index (κ3) is 11.2. The number of imidazole rings is 1. The highest BCUT2D eigenvalue weighted by Crippen LogP contribution is 2.20. The lowest BCUT2D eigenvalue weighted by Crippen LogP contribution is -2.24. The fourth-order valence-corrected chi connectivity index (χ4v) is 4.52. The lowest BCUT2D eigenvalue weighted by atomic mass is 10.1. The van der Waals surface area contributed by atoms with E-state index < -0.39 is 17.8 Å². The summed E-state index contributed by atoms with van der Waals surface area (Å²) in [6.07, 6.45) is 5.96. The number of esters is 2. The van der Waals surface area contributed by atoms with Crippen molar-refractivity contribution in [2.45, 2.75) is 26.7 Å². The van der Waals surface area contributed by atoms with Gasteiger partial charge in [0.15, 0.2) is 0 Å². The van der Waals surface area contributed by atoms with E-state index in [0.29, 0.717) is 34.8 Å². The molecule has 0 spiro atoms. The van der Waals surface area contributed by atoms with Crippen molar-refractivity contribution < 1.29 is 23.9 Å². The van der Waals surface area contributed by atoms with Crippen molar-refractivity contribution in [3.8, 4) is 0 Å². The number of ether oxygens (including phenoxy) is 2. The first-order valence-electron chi connectivity index (χ1n) is 13.9. The van der Waals surface area contributed by atoms with E-state index in [1.54, 1.807) is 32.4 Å². The van der Waals surface area contributed by atoms with Crippen LogP contribution in [0.3, 0.4) is 0 Å². The highest BCUT2D eigenvalue weighted by atomic mass is 79.9. The summed E-state index contributed by atoms with van der Waals surface area (Å²) < 4.78 is 9.22. The number of aromatic amines is 1. The molecule has 11 nitrogen and oxygen atoms in total. The van der Waals surface area contributed by atoms with E-state index in [1.807, 2.05) is 48.5 Å². The molecule has 0 aliphatic heterocycles. The first kappa shape index (κ1) is 36.1. The second-order valence-electron chi connectivity index (χ2n) is 9.50. The largest absolute Gasteiger partial charge is 0.460 e. The highest BCUT2D eigenvalue weighted by molar-refractivity contribution is 9.09. The second-order valence-corrected chi connectivity index (χ2v) is 10.9. The molecule has 0 fully saturated rings. The van der Waals surface area contributed by atoms with E-state index in [-0.39, 0.29) is 18.2 Å². The van der Waals surface area contributed by atoms with Gasteiger partial charge in [0.05, 0.1) is 39.6 Å². The fraction of sp³-hybridized carbons (Fsp3) is 0.219. The number of nitrogens with zero attached hydrogens (tertiary/aromatic N) is 3. The van der Waals surface area contributed by atoms with Gasteiger partial charge in [0.1, 0.15) is 5.78 Å². The van der Waals surface area contributed by atoms with Crippen LogP contribution in [-0.4, -0.2) is 62.0 Å². The van der Waals surface area contributed by atoms with Crippen molar-refractivity contribution in [1.82, 2.24) is 19.9 Å². The number of hydrogen-bond acceptors (Lipinski definition) is 9. The minimum absolute atomic E-state index is 0.161. The van der Waals surface area contributed by atoms with Crippen molar-refractivity contribution >= 4 is 84.5 Å². The van der Waals surface area contributed by atoms with Crippen LogP contribution in [-0.2, 0) is 31.9 Å². The van der Waals surface area contributed by atoms with Gasteiger partial charge < -0.3 is 20.2 Å². The predicted octanol–water partition coefficient (Wildman–Crippen LogP) is 6.26. The Kier molecular flexibility index (Phi) is 14.1. The number of benzene rings is 2. The Labute approximate surface area is 283 Å². The Morgan fingerprint density at radius 1 is 0.848 bits per heavy atom. The smallest absolute Gasteiger partial charge is 0.374 e. The maximum Gasteiger partial charge on any atom is 0.374 e. The molecule has 14 heteroatoms. The van der Waals surface area contributed by atoms with Gasteiger partial charge in [-0.25, -0.2) is 14.6 Å². The van der Waals surface area contributed by atoms with Gasteiger partial charge in [-0.2, -0.15) is 0 Å². The molecule has 5 aromatic rings. The van der Waals surface area contributed by atoms with Crippen molar-refractivity contribution in [3.63, 3.8) is 0 Å². The number of alkyl halides is 1. The summed E-state index contributed by atoms with van der Waals surface area (Å²) in [5, 5.41) is 10.1. The molecule has 0 saturated carbocycles. The van der Waals surface area contributed by atoms with E-state index >= 15 is 0 Å². The molecule has 5 rings (SSSR count). The summed E-state index contributed by atoms with van der Waals surface area (Å²) in [5.74, 6) is -1.36. The minimum Gasteiger partial charge on any atom is -0.460 e. The number of ketones is 1. The van der Waals surface area contributed by atoms with Gasteiger partial charge in [-0.1, -0.05) is 51.3 Å². The van der Waals surface area contributed by atoms with Crippen LogP contribution in [0.15, 0.2) is 67.1 Å². The maximum absolute atomic E-state index is 11.6. The number of carbonyl (C=O) groups is 3. The van der Waals surface area contributed by atoms with Crippen LogP contribution in [0, 0.1) is 5.41 Å². The molecule has 0 atom stereocenters. The number of aromatic nitrogens is 4. The van der Waals surface area contributed by atoms with Crippen molar-refractivity contribution in [2.24, 2.45) is 5.73 Å². The zero-order valence-corrected chi connectivity index (χ0v) is 28.1. The molecule has 0 aliphatic rings. The lowest BCUT2D eigenvalue weighted by Gasteiger charge is -2.03. The normalized spacial score (nSPS) is 10.3. The van der Waals surface area contributed by atoms with Crippen LogP contribution in [0.1, 0.15) is 41.3 Å². The number of nitrogens with two attached hydrogens (primary N) is 1. The minimum atomic E-state index is -0.757. The van der Waals surface area contributed by atoms with Gasteiger partial charge in [-0.3, -0.25) is 20.2 Å². The molecule has 2 aromatic carbocycles. The SMILES string of the molecule is CCOC(=O)C(=N)N.CCOC(=O)c1ncc(Cc2ccc3ncc(Cl)cc3c2)[nH]1.O=C(CBr)Cc1ccc2ncc(Cl)cc2c1. The third-order valence-electron chi connectivity index (χ3n) is 5.96. The monoisotopic (exact) mass is 728 g/mol. The average molecular weight is 730 g/mol. The number of hydrogen-bond donors (Lipinski definition) is 3. The second kappa shape index (κ2) is 17.9. The van der Waals surface area contributed by atoms with Gasteiger partial charge in [0.2, 0.25) is 11.7 Å². The van der Waals surface area contributed by atoms with Gasteiger partial charge in [0.25, 0.3) is 0 Å². The Morgan fingerprint density at radius 3 is 1.93 bits per heavy atom. The number of Topliss-reactive ketones (excluding diaryl/α,β-unsaturated/α-hetero) is 1. The average Bonchev–Trinajstić information content (AvgIpc) is 3.50. The van der Waals surface area contributed by atoms with Gasteiger partial charge in [-0.15, -0.1) is 0 Å². The van der Waals surface area contributed by atoms with Gasteiger partial charge in [0, 0.05) is 47.9 Å². The summed E-state index contributed by atoms with van der Waals surface area (Å²) in [5.41, 5.74) is 9.42. The number of pyridine rings is 2. The van der Waals surface area contributed by atoms with E-state index in [0.717, 1.165) is 38.6 Å². The summed E-state index contributed by atoms with van der Waals surface area (Å²) in [7, 11) is 0. The lowest BCUT2D eigenvalue weighted by molar-refractivity contribution is -0.135. The summed E-state index contributed by atoms with van der Waals surface area (Å²) >= 11 is 15.0. The van der Waals surface area contributed by atoms with Crippen LogP contribution in [0.2, 0.25) is 10.0 Å². The topological polar surface area (TPSA) is 174 Å². The van der Waals surface area contributed by atoms with E-state index in [1.165, 1.54) is 0 Å². The Bertz CT molecular complexity index is 1850. The van der Waals surface area contributed by atoms with Crippen LogP contribution in [0.5, 0.6) is 0 Å². The molecule has 240 valence electrons. The molecule has 46 heavy (non-hydrogen) atoms. The Morgan fingerprint density at radius 2 is 1.41 bits per heavy atom. The molecule has 0 amide bonds. The number of amidine groups is 1. The van der Waals surface area contributed by atoms with Crippen LogP contribution in [0.25, 0.3) is 21.8 Å². The van der Waals surface area contributed by atoms with Crippen molar-refractivity contribution in [2.75, 3.05) is 18.5 Å². The van der Waals surface area contributed by atoms with Gasteiger partial charge in [-0.05, 0) is 61.4 Å². The Balaban J connectivity index is 0.000000210. The quantitative estimate of drug-likeness (QED) is 0.0721. The molecule has 3 heterocycles. The molecular weight excluding hydrogens is 699 g/mol. The highest BCUT2D eigenvalue weighted by Gasteiger charge is 2.11. The summed E-state index contributed by atoms with van der Waals surface area (Å²) in [4.78, 5) is 48.5. The number of H-pyrrole nitrogens is 1. The maximum atomic E-state index is 11.6. The molecule has 0 saturated heterocycles.